The molecule has 0 atom stereocenters. The molecule has 0 heterocycles. The molecule has 0 spiro atoms. The average Bonchev–Trinajstić information content (AvgIpc) is 2.09. The predicted molar refractivity (Wildman–Crippen MR) is 78.0 cm³/mol. The highest BCUT2D eigenvalue weighted by atomic mass is 16.6. The maximum absolute atomic E-state index is 11.6. The third kappa shape index (κ3) is 12.2. The first-order valence-corrected chi connectivity index (χ1v) is 6.95. The molecule has 0 saturated carbocycles. The lowest BCUT2D eigenvalue weighted by Crippen LogP contribution is -2.35. The first-order valence-electron chi connectivity index (χ1n) is 6.95. The summed E-state index contributed by atoms with van der Waals surface area (Å²) in [5.41, 5.74) is 4.93. The van der Waals surface area contributed by atoms with Gasteiger partial charge >= 0.3 is 5.97 Å². The first kappa shape index (κ1) is 18.4. The fourth-order valence-electron chi connectivity index (χ4n) is 1.46. The summed E-state index contributed by atoms with van der Waals surface area (Å²) >= 11 is 0. The van der Waals surface area contributed by atoms with Gasteiger partial charge in [-0.25, -0.2) is 0 Å². The van der Waals surface area contributed by atoms with Gasteiger partial charge in [0.05, 0.1) is 5.60 Å². The smallest absolute Gasteiger partial charge is 0.306 e. The predicted octanol–water partition coefficient (Wildman–Crippen LogP) is 3.03. The summed E-state index contributed by atoms with van der Waals surface area (Å²) < 4.78 is 11.1. The Morgan fingerprint density at radius 1 is 1.00 bits per heavy atom. The Morgan fingerprint density at radius 3 is 1.95 bits per heavy atom. The zero-order valence-corrected chi connectivity index (χ0v) is 13.6. The van der Waals surface area contributed by atoms with E-state index in [9.17, 15) is 4.79 Å². The summed E-state index contributed by atoms with van der Waals surface area (Å²) in [5, 5.41) is 0. The summed E-state index contributed by atoms with van der Waals surface area (Å²) in [6.45, 7) is 14.1. The van der Waals surface area contributed by atoms with Gasteiger partial charge in [-0.05, 0) is 61.3 Å². The van der Waals surface area contributed by atoms with Crippen molar-refractivity contribution in [1.29, 1.82) is 0 Å². The minimum Gasteiger partial charge on any atom is -0.460 e. The molecule has 0 aromatic heterocycles. The summed E-state index contributed by atoms with van der Waals surface area (Å²) in [4.78, 5) is 11.6. The number of ether oxygens (including phenoxy) is 2. The van der Waals surface area contributed by atoms with E-state index in [1.807, 2.05) is 48.5 Å². The van der Waals surface area contributed by atoms with Crippen molar-refractivity contribution in [1.82, 2.24) is 0 Å². The fraction of sp³-hybridized carbons (Fsp3) is 0.933. The maximum Gasteiger partial charge on any atom is 0.306 e. The number of hydrogen-bond donors (Lipinski definition) is 1. The Labute approximate surface area is 118 Å². The van der Waals surface area contributed by atoms with Crippen LogP contribution in [-0.4, -0.2) is 29.3 Å². The number of hydrogen-bond acceptors (Lipinski definition) is 4. The van der Waals surface area contributed by atoms with Crippen LogP contribution < -0.4 is 5.73 Å². The molecule has 114 valence electrons. The second-order valence-electron chi connectivity index (χ2n) is 7.43. The third-order valence-corrected chi connectivity index (χ3v) is 2.59. The molecule has 4 heteroatoms. The standard InChI is InChI=1S/C15H31NO3/c1-13(2,3)19-12(17)8-9-15(6,7)18-11-10-14(4,5)16/h8-11,16H2,1-7H3. The van der Waals surface area contributed by atoms with E-state index in [0.29, 0.717) is 19.4 Å². The Hall–Kier alpha value is -0.610. The quantitative estimate of drug-likeness (QED) is 0.724. The zero-order chi connectivity index (χ0) is 15.3. The van der Waals surface area contributed by atoms with Crippen LogP contribution in [0.15, 0.2) is 0 Å². The van der Waals surface area contributed by atoms with Gasteiger partial charge < -0.3 is 15.2 Å². The van der Waals surface area contributed by atoms with Crippen molar-refractivity contribution in [3.05, 3.63) is 0 Å². The molecule has 0 radical (unpaired) electrons. The van der Waals surface area contributed by atoms with Gasteiger partial charge in [0.15, 0.2) is 0 Å². The van der Waals surface area contributed by atoms with Gasteiger partial charge in [0, 0.05) is 18.6 Å². The molecule has 0 rings (SSSR count). The molecule has 0 bridgehead atoms. The number of nitrogens with two attached hydrogens (primary N) is 1. The molecule has 0 aliphatic carbocycles. The highest BCUT2D eigenvalue weighted by molar-refractivity contribution is 5.69. The summed E-state index contributed by atoms with van der Waals surface area (Å²) in [5.74, 6) is -0.177. The van der Waals surface area contributed by atoms with Crippen molar-refractivity contribution in [3.63, 3.8) is 0 Å². The van der Waals surface area contributed by atoms with Gasteiger partial charge in [0.25, 0.3) is 0 Å². The number of carbonyl (C=O) groups excluding carboxylic acids is 1. The van der Waals surface area contributed by atoms with Crippen LogP contribution in [0, 0.1) is 0 Å². The highest BCUT2D eigenvalue weighted by Crippen LogP contribution is 2.20. The average molecular weight is 273 g/mol. The second kappa shape index (κ2) is 6.71. The van der Waals surface area contributed by atoms with Crippen molar-refractivity contribution in [2.75, 3.05) is 6.61 Å². The molecule has 4 nitrogen and oxygen atoms in total. The third-order valence-electron chi connectivity index (χ3n) is 2.59. The van der Waals surface area contributed by atoms with Gasteiger partial charge in [-0.1, -0.05) is 0 Å². The van der Waals surface area contributed by atoms with Crippen molar-refractivity contribution in [2.24, 2.45) is 5.73 Å². The van der Waals surface area contributed by atoms with Gasteiger partial charge in [0.1, 0.15) is 5.60 Å². The van der Waals surface area contributed by atoms with Crippen LogP contribution >= 0.6 is 0 Å². The molecule has 0 aromatic carbocycles. The minimum absolute atomic E-state index is 0.177. The summed E-state index contributed by atoms with van der Waals surface area (Å²) in [6.07, 6.45) is 1.81. The normalized spacial score (nSPS) is 13.5. The van der Waals surface area contributed by atoms with E-state index < -0.39 is 5.60 Å². The largest absolute Gasteiger partial charge is 0.460 e. The lowest BCUT2D eigenvalue weighted by atomic mass is 10.0. The Kier molecular flexibility index (Phi) is 6.49. The SMILES string of the molecule is CC(C)(N)CCOC(C)(C)CCC(=O)OC(C)(C)C. The van der Waals surface area contributed by atoms with E-state index in [2.05, 4.69) is 0 Å². The summed E-state index contributed by atoms with van der Waals surface area (Å²) in [7, 11) is 0. The molecule has 0 fully saturated rings. The molecule has 0 amide bonds. The van der Waals surface area contributed by atoms with E-state index in [1.165, 1.54) is 0 Å². The van der Waals surface area contributed by atoms with E-state index >= 15 is 0 Å². The molecular weight excluding hydrogens is 242 g/mol. The van der Waals surface area contributed by atoms with Gasteiger partial charge in [-0.3, -0.25) is 4.79 Å². The zero-order valence-electron chi connectivity index (χ0n) is 13.6. The fourth-order valence-corrected chi connectivity index (χ4v) is 1.46. The molecule has 0 aliphatic rings. The summed E-state index contributed by atoms with van der Waals surface area (Å²) in [6, 6.07) is 0. The molecule has 19 heavy (non-hydrogen) atoms. The maximum atomic E-state index is 11.6. The van der Waals surface area contributed by atoms with Crippen LogP contribution in [-0.2, 0) is 14.3 Å². The van der Waals surface area contributed by atoms with Crippen LogP contribution in [0.5, 0.6) is 0 Å². The molecule has 2 N–H and O–H groups in total. The number of rotatable bonds is 7. The topological polar surface area (TPSA) is 61.5 Å². The molecule has 0 saturated heterocycles. The lowest BCUT2D eigenvalue weighted by Gasteiger charge is -2.28. The lowest BCUT2D eigenvalue weighted by molar-refractivity contribution is -0.156. The number of carbonyl (C=O) groups is 1. The van der Waals surface area contributed by atoms with E-state index in [-0.39, 0.29) is 17.1 Å². The molecule has 0 aromatic rings. The van der Waals surface area contributed by atoms with Crippen molar-refractivity contribution in [3.8, 4) is 0 Å². The molecular formula is C15H31NO3. The van der Waals surface area contributed by atoms with Crippen molar-refractivity contribution >= 4 is 5.97 Å². The van der Waals surface area contributed by atoms with Gasteiger partial charge in [0.2, 0.25) is 0 Å². The Balaban J connectivity index is 4.00. The van der Waals surface area contributed by atoms with Crippen LogP contribution in [0.1, 0.15) is 67.7 Å². The highest BCUT2D eigenvalue weighted by Gasteiger charge is 2.23. The van der Waals surface area contributed by atoms with Crippen molar-refractivity contribution in [2.45, 2.75) is 84.5 Å². The monoisotopic (exact) mass is 273 g/mol. The van der Waals surface area contributed by atoms with Crippen LogP contribution in [0.25, 0.3) is 0 Å². The van der Waals surface area contributed by atoms with Crippen molar-refractivity contribution < 1.29 is 14.3 Å². The second-order valence-corrected chi connectivity index (χ2v) is 7.43. The number of esters is 1. The Morgan fingerprint density at radius 2 is 1.53 bits per heavy atom. The van der Waals surface area contributed by atoms with Crippen LogP contribution in [0.4, 0.5) is 0 Å². The van der Waals surface area contributed by atoms with E-state index in [0.717, 1.165) is 6.42 Å². The molecule has 0 unspecified atom stereocenters. The van der Waals surface area contributed by atoms with E-state index in [1.54, 1.807) is 0 Å². The minimum atomic E-state index is -0.425. The first-order chi connectivity index (χ1) is 8.31. The van der Waals surface area contributed by atoms with Crippen LogP contribution in [0.3, 0.4) is 0 Å². The van der Waals surface area contributed by atoms with Gasteiger partial charge in [-0.2, -0.15) is 0 Å². The van der Waals surface area contributed by atoms with Gasteiger partial charge in [-0.15, -0.1) is 0 Å². The van der Waals surface area contributed by atoms with E-state index in [4.69, 9.17) is 15.2 Å². The molecule has 0 aliphatic heterocycles. The van der Waals surface area contributed by atoms with Crippen LogP contribution in [0.2, 0.25) is 0 Å². The Bertz CT molecular complexity index is 285.